The van der Waals surface area contributed by atoms with Crippen molar-refractivity contribution in [3.63, 3.8) is 0 Å². The number of Topliss-reactive ketones (excluding diaryl/α,β-unsaturated/α-hetero) is 1. The number of urea groups is 1. The van der Waals surface area contributed by atoms with Crippen LogP contribution >= 0.6 is 0 Å². The van der Waals surface area contributed by atoms with E-state index in [4.69, 9.17) is 23.7 Å². The van der Waals surface area contributed by atoms with E-state index in [1.54, 1.807) is 150 Å². The van der Waals surface area contributed by atoms with Gasteiger partial charge < -0.3 is 91.6 Å². The number of amides is 13. The van der Waals surface area contributed by atoms with Crippen LogP contribution in [0.15, 0.2) is 122 Å². The van der Waals surface area contributed by atoms with Gasteiger partial charge in [0.2, 0.25) is 59.1 Å². The lowest BCUT2D eigenvalue weighted by atomic mass is 9.79. The number of piperazine rings is 1. The number of likely N-dealkylation sites (N-methyl/N-ethyl adjacent to an activating group) is 1. The number of ketones is 1. The van der Waals surface area contributed by atoms with Crippen molar-refractivity contribution in [2.75, 3.05) is 85.7 Å². The molecule has 133 heavy (non-hydrogen) atoms. The molecule has 3 saturated heterocycles. The number of carbonyl (C=O) groups is 15. The number of nitrogens with one attached hydrogen (secondary N) is 10. The molecule has 3 aliphatic rings. The minimum atomic E-state index is -1.66. The quantitative estimate of drug-likeness (QED) is 0.00851. The lowest BCUT2D eigenvalue weighted by molar-refractivity contribution is -0.156. The van der Waals surface area contributed by atoms with Crippen molar-refractivity contribution in [3.8, 4) is 11.5 Å². The summed E-state index contributed by atoms with van der Waals surface area (Å²) >= 11 is 0. The molecule has 8 atom stereocenters. The predicted octanol–water partition coefficient (Wildman–Crippen LogP) is 7.73. The summed E-state index contributed by atoms with van der Waals surface area (Å²) in [5.74, 6) is -8.64. The Kier molecular flexibility index (Phi) is 40.2. The van der Waals surface area contributed by atoms with Gasteiger partial charge in [-0.25, -0.2) is 14.4 Å². The molecule has 0 bridgehead atoms. The first kappa shape index (κ1) is 106. The van der Waals surface area contributed by atoms with Crippen molar-refractivity contribution in [2.24, 2.45) is 5.41 Å². The molecule has 4 heterocycles. The van der Waals surface area contributed by atoms with Gasteiger partial charge in [0.25, 0.3) is 0 Å². The molecule has 0 spiro atoms. The van der Waals surface area contributed by atoms with Crippen molar-refractivity contribution in [1.29, 1.82) is 0 Å². The average molecular weight is 1850 g/mol. The molecule has 0 saturated carbocycles. The summed E-state index contributed by atoms with van der Waals surface area (Å²) in [5, 5.41) is 28.4. The molecule has 3 aliphatic heterocycles. The van der Waals surface area contributed by atoms with Crippen LogP contribution in [0.1, 0.15) is 196 Å². The number of aromatic nitrogens is 1. The normalized spacial score (nSPS) is 20.3. The number of esters is 1. The van der Waals surface area contributed by atoms with Crippen LogP contribution in [0.5, 0.6) is 11.5 Å². The molecule has 3 fully saturated rings. The Bertz CT molecular complexity index is 4820. The number of carbonyl (C=O) groups excluding carboxylic acids is 15. The highest BCUT2D eigenvalue weighted by Gasteiger charge is 2.43. The fourth-order valence-electron chi connectivity index (χ4n) is 15.7. The van der Waals surface area contributed by atoms with E-state index in [9.17, 15) is 28.8 Å². The summed E-state index contributed by atoms with van der Waals surface area (Å²) in [7, 11) is 1.35. The monoisotopic (exact) mass is 1850 g/mol. The standard InChI is InChI=1S/C98H139N15O20/c1-16-20-22-33-73-86(120)106-76(57-67-62-113(94(128)133-97(11,12)13)78-35-26-25-32-71(67)78)85(119)101-60-81(115)103-74(54-66-39-43-70(44-40-66)131-95(5,6)7)87(121)108-77(58-68(114)59-98(14,18-3)19-4)91(125)112-47-29-36-79(112)89(123)105-72(34-27-28-45-99-92(126)111-50-48-110(49-51-111)63-83(117)132-96(8,9)10)84(118)102-61-82(116)109(15)80(56-64-30-23-21-24-31-64)90(124)107-75(88(122)104-73)55-65-37-41-69(42-38-65)129-53-46-100-93(127)130-52-17-2/h17,21,23-26,30-32,35,37-44,62,72-77,79-80H,2,16,18-20,22,27-29,33-34,36,45-61,63H2,1,3-15H3,(H,99,126)(H,100,127)(H,101,119)(H,102,118)(H,103,115)(H,104,122)(H,105,123)(H,106,120)(H,107,124)(H,108,121)/t72-,73-,74-,75-,76-,77-,79+,80-/m0/s1. The Labute approximate surface area is 780 Å². The van der Waals surface area contributed by atoms with Crippen molar-refractivity contribution in [3.05, 3.63) is 144 Å². The van der Waals surface area contributed by atoms with Crippen LogP contribution in [0.4, 0.5) is 14.4 Å². The van der Waals surface area contributed by atoms with Gasteiger partial charge >= 0.3 is 24.2 Å². The van der Waals surface area contributed by atoms with Crippen molar-refractivity contribution < 1.29 is 95.6 Å². The van der Waals surface area contributed by atoms with Gasteiger partial charge in [0.15, 0.2) is 0 Å². The second-order valence-corrected chi connectivity index (χ2v) is 37.6. The molecular formula is C98H139N15O20. The van der Waals surface area contributed by atoms with E-state index in [1.165, 1.54) is 28.8 Å². The minimum Gasteiger partial charge on any atom is -0.492 e. The molecule has 5 aromatic rings. The van der Waals surface area contributed by atoms with Crippen LogP contribution in [-0.2, 0) is 97.4 Å². The molecule has 726 valence electrons. The number of fused-ring (bicyclic) bond motifs is 2. The molecule has 0 unspecified atom stereocenters. The molecule has 13 amide bonds. The number of rotatable bonds is 32. The van der Waals surface area contributed by atoms with Crippen molar-refractivity contribution >= 4 is 99.9 Å². The van der Waals surface area contributed by atoms with Gasteiger partial charge in [0.1, 0.15) is 95.6 Å². The second kappa shape index (κ2) is 50.4. The van der Waals surface area contributed by atoms with Crippen LogP contribution in [-0.4, -0.2) is 264 Å². The van der Waals surface area contributed by atoms with Crippen LogP contribution < -0.4 is 62.6 Å². The summed E-state index contributed by atoms with van der Waals surface area (Å²) in [6.45, 7) is 27.5. The number of alkyl carbamates (subject to hydrolysis) is 1. The minimum absolute atomic E-state index is 0.00334. The molecule has 35 nitrogen and oxygen atoms in total. The zero-order valence-corrected chi connectivity index (χ0v) is 79.7. The van der Waals surface area contributed by atoms with E-state index in [1.807, 2.05) is 53.4 Å². The summed E-state index contributed by atoms with van der Waals surface area (Å²) in [5.41, 5.74) is -0.479. The molecule has 1 aromatic heterocycles. The van der Waals surface area contributed by atoms with Crippen LogP contribution in [0, 0.1) is 5.41 Å². The van der Waals surface area contributed by atoms with Gasteiger partial charge in [-0.3, -0.25) is 67.0 Å². The third-order valence-electron chi connectivity index (χ3n) is 23.3. The maximum atomic E-state index is 15.7. The van der Waals surface area contributed by atoms with E-state index >= 15 is 43.2 Å². The SMILES string of the molecule is C=CCOC(=O)NCCOc1ccc(C[C@@H]2NC(=O)[C@H](Cc3ccccc3)N(C)C(=O)CNC(=O)[C@H](CCCCNC(=O)N3CCN(CC(=O)OC(C)(C)C)CC3)NC(=O)[C@H]3CCCN3C(=O)[C@H](CC(=O)CC(C)(CC)CC)NC(=O)[C@H](Cc3ccc(OC(C)(C)C)cc3)NC(=O)CNC(=O)[C@H](Cc3cn(C(=O)OC(C)(C)C)c4ccccc34)NC(=O)[C@H](CCCCC)NC2=O)cc1. The molecule has 0 aliphatic carbocycles. The third-order valence-corrected chi connectivity index (χ3v) is 23.3. The van der Waals surface area contributed by atoms with Crippen LogP contribution in [0.25, 0.3) is 10.9 Å². The molecule has 4 aromatic carbocycles. The van der Waals surface area contributed by atoms with Gasteiger partial charge in [0, 0.05) is 96.4 Å². The Hall–Kier alpha value is -12.4. The summed E-state index contributed by atoms with van der Waals surface area (Å²) < 4.78 is 29.6. The number of unbranched alkanes of at least 4 members (excludes halogenated alkanes) is 3. The van der Waals surface area contributed by atoms with Crippen LogP contribution in [0.2, 0.25) is 0 Å². The van der Waals surface area contributed by atoms with Gasteiger partial charge in [-0.05, 0) is 159 Å². The highest BCUT2D eigenvalue weighted by atomic mass is 16.6. The van der Waals surface area contributed by atoms with Crippen LogP contribution in [0.3, 0.4) is 0 Å². The number of nitrogens with zero attached hydrogens (tertiary/aromatic N) is 5. The highest BCUT2D eigenvalue weighted by molar-refractivity contribution is 6.01. The Morgan fingerprint density at radius 1 is 0.534 bits per heavy atom. The fourth-order valence-corrected chi connectivity index (χ4v) is 15.7. The first-order valence-electron chi connectivity index (χ1n) is 46.3. The van der Waals surface area contributed by atoms with E-state index in [0.717, 1.165) is 4.90 Å². The first-order valence-corrected chi connectivity index (χ1v) is 46.3. The molecule has 10 N–H and O–H groups in total. The number of hydrogen-bond acceptors (Lipinski definition) is 21. The fraction of sp³-hybridized carbons (Fsp3) is 0.561. The number of benzene rings is 4. The van der Waals surface area contributed by atoms with Crippen molar-refractivity contribution in [2.45, 2.75) is 264 Å². The van der Waals surface area contributed by atoms with Gasteiger partial charge in [0.05, 0.1) is 31.7 Å². The molecular weight excluding hydrogens is 1710 g/mol. The Balaban J connectivity index is 1.20. The van der Waals surface area contributed by atoms with E-state index in [2.05, 4.69) is 59.7 Å². The number of para-hydroxylation sites is 1. The maximum absolute atomic E-state index is 15.7. The zero-order chi connectivity index (χ0) is 97.3. The average Bonchev–Trinajstić information content (AvgIpc) is 1.63. The summed E-state index contributed by atoms with van der Waals surface area (Å²) in [6, 6.07) is 16.3. The second-order valence-electron chi connectivity index (χ2n) is 37.6. The molecule has 35 heteroatoms. The van der Waals surface area contributed by atoms with Gasteiger partial charge in [-0.2, -0.15) is 0 Å². The number of ether oxygens (including phenoxy) is 5. The maximum Gasteiger partial charge on any atom is 0.419 e. The predicted molar refractivity (Wildman–Crippen MR) is 500 cm³/mol. The Morgan fingerprint density at radius 3 is 1.71 bits per heavy atom. The molecule has 8 rings (SSSR count). The summed E-state index contributed by atoms with van der Waals surface area (Å²) in [4.78, 5) is 227. The van der Waals surface area contributed by atoms with E-state index in [0.29, 0.717) is 103 Å². The number of hydrogen-bond donors (Lipinski definition) is 10. The van der Waals surface area contributed by atoms with E-state index < -0.39 is 167 Å². The van der Waals surface area contributed by atoms with Gasteiger partial charge in [-0.15, -0.1) is 0 Å². The Morgan fingerprint density at radius 2 is 1.08 bits per heavy atom. The summed E-state index contributed by atoms with van der Waals surface area (Å²) in [6.07, 6.45) is 3.31. The lowest BCUT2D eigenvalue weighted by Crippen LogP contribution is -2.60. The van der Waals surface area contributed by atoms with Gasteiger partial charge in [-0.1, -0.05) is 145 Å². The van der Waals surface area contributed by atoms with E-state index in [-0.39, 0.29) is 122 Å². The topological polar surface area (TPSA) is 440 Å². The third kappa shape index (κ3) is 34.6. The largest absolute Gasteiger partial charge is 0.492 e. The smallest absolute Gasteiger partial charge is 0.419 e. The lowest BCUT2D eigenvalue weighted by Gasteiger charge is -2.34. The zero-order valence-electron chi connectivity index (χ0n) is 79.7. The highest BCUT2D eigenvalue weighted by Crippen LogP contribution is 2.32. The molecule has 0 radical (unpaired) electrons. The van der Waals surface area contributed by atoms with Crippen molar-refractivity contribution in [1.82, 2.24) is 77.3 Å². The first-order chi connectivity index (χ1) is 63.0.